The number of alkyl halides is 1. The van der Waals surface area contributed by atoms with Gasteiger partial charge in [-0.05, 0) is 32.1 Å². The molecule has 4 heteroatoms. The molecule has 16 heavy (non-hydrogen) atoms. The smallest absolute Gasteiger partial charge is 0.157 e. The van der Waals surface area contributed by atoms with E-state index in [1.807, 2.05) is 0 Å². The molecule has 3 nitrogen and oxygen atoms in total. The van der Waals surface area contributed by atoms with Gasteiger partial charge in [0, 0.05) is 20.1 Å². The molecule has 1 aliphatic heterocycles. The Morgan fingerprint density at radius 1 is 1.19 bits per heavy atom. The van der Waals surface area contributed by atoms with Crippen LogP contribution >= 0.6 is 0 Å². The van der Waals surface area contributed by atoms with Gasteiger partial charge in [-0.3, -0.25) is 0 Å². The summed E-state index contributed by atoms with van der Waals surface area (Å²) in [5, 5.41) is 0. The van der Waals surface area contributed by atoms with Crippen molar-refractivity contribution in [1.82, 2.24) is 0 Å². The summed E-state index contributed by atoms with van der Waals surface area (Å²) < 4.78 is 30.0. The summed E-state index contributed by atoms with van der Waals surface area (Å²) in [4.78, 5) is 0. The van der Waals surface area contributed by atoms with Crippen molar-refractivity contribution >= 4 is 0 Å². The summed E-state index contributed by atoms with van der Waals surface area (Å²) in [5.74, 6) is 0. The normalized spacial score (nSPS) is 40.9. The highest BCUT2D eigenvalue weighted by atomic mass is 19.1. The van der Waals surface area contributed by atoms with Crippen molar-refractivity contribution in [2.24, 2.45) is 0 Å². The van der Waals surface area contributed by atoms with E-state index in [1.165, 1.54) is 0 Å². The molecule has 0 N–H and O–H groups in total. The van der Waals surface area contributed by atoms with Crippen molar-refractivity contribution in [3.63, 3.8) is 0 Å². The van der Waals surface area contributed by atoms with Gasteiger partial charge >= 0.3 is 0 Å². The van der Waals surface area contributed by atoms with Crippen LogP contribution in [0, 0.1) is 0 Å². The van der Waals surface area contributed by atoms with Crippen LogP contribution in [-0.2, 0) is 14.2 Å². The fraction of sp³-hybridized carbons (Fsp3) is 1.00. The third kappa shape index (κ3) is 3.15. The van der Waals surface area contributed by atoms with Crippen LogP contribution in [0.25, 0.3) is 0 Å². The van der Waals surface area contributed by atoms with Crippen LogP contribution in [-0.4, -0.2) is 38.4 Å². The zero-order valence-electron chi connectivity index (χ0n) is 9.86. The van der Waals surface area contributed by atoms with Gasteiger partial charge in [0.25, 0.3) is 0 Å². The molecule has 2 rings (SSSR count). The van der Waals surface area contributed by atoms with Crippen LogP contribution in [0.5, 0.6) is 0 Å². The van der Waals surface area contributed by atoms with Gasteiger partial charge in [0.05, 0.1) is 12.2 Å². The average Bonchev–Trinajstić information content (AvgIpc) is 2.31. The molecule has 1 saturated carbocycles. The molecule has 0 radical (unpaired) electrons. The van der Waals surface area contributed by atoms with Crippen LogP contribution in [0.15, 0.2) is 0 Å². The fourth-order valence-corrected chi connectivity index (χ4v) is 2.47. The van der Waals surface area contributed by atoms with E-state index < -0.39 is 6.17 Å². The Kier molecular flexibility index (Phi) is 4.55. The summed E-state index contributed by atoms with van der Waals surface area (Å²) in [7, 11) is 1.57. The van der Waals surface area contributed by atoms with E-state index in [4.69, 9.17) is 14.2 Å². The lowest BCUT2D eigenvalue weighted by Gasteiger charge is -2.34. The largest absolute Gasteiger partial charge is 0.378 e. The molecule has 4 atom stereocenters. The van der Waals surface area contributed by atoms with Crippen LogP contribution < -0.4 is 0 Å². The molecule has 0 aromatic rings. The second-order valence-electron chi connectivity index (χ2n) is 4.66. The Morgan fingerprint density at radius 2 is 2.06 bits per heavy atom. The molecule has 0 spiro atoms. The highest BCUT2D eigenvalue weighted by molar-refractivity contribution is 4.81. The van der Waals surface area contributed by atoms with E-state index in [-0.39, 0.29) is 18.5 Å². The van der Waals surface area contributed by atoms with Crippen molar-refractivity contribution in [3.05, 3.63) is 0 Å². The summed E-state index contributed by atoms with van der Waals surface area (Å²) >= 11 is 0. The monoisotopic (exact) mass is 232 g/mol. The number of hydrogen-bond acceptors (Lipinski definition) is 3. The number of methoxy groups -OCH3 is 1. The molecule has 1 aliphatic carbocycles. The molecule has 94 valence electrons. The van der Waals surface area contributed by atoms with Gasteiger partial charge in [0.1, 0.15) is 6.17 Å². The minimum Gasteiger partial charge on any atom is -0.378 e. The molecule has 0 aromatic heterocycles. The van der Waals surface area contributed by atoms with Crippen molar-refractivity contribution < 1.29 is 18.6 Å². The molecule has 0 amide bonds. The number of ether oxygens (including phenoxy) is 3. The van der Waals surface area contributed by atoms with Crippen LogP contribution in [0.4, 0.5) is 4.39 Å². The van der Waals surface area contributed by atoms with Gasteiger partial charge in [-0.2, -0.15) is 0 Å². The quantitative estimate of drug-likeness (QED) is 0.748. The molecule has 0 bridgehead atoms. The number of rotatable bonds is 3. The predicted molar refractivity (Wildman–Crippen MR) is 58.0 cm³/mol. The Balaban J connectivity index is 1.74. The highest BCUT2D eigenvalue weighted by Crippen LogP contribution is 2.28. The molecule has 1 saturated heterocycles. The third-order valence-electron chi connectivity index (χ3n) is 3.45. The van der Waals surface area contributed by atoms with E-state index in [9.17, 15) is 4.39 Å². The predicted octanol–water partition coefficient (Wildman–Crippen LogP) is 2.44. The maximum Gasteiger partial charge on any atom is 0.157 e. The Hall–Kier alpha value is -0.190. The van der Waals surface area contributed by atoms with Gasteiger partial charge in [-0.15, -0.1) is 0 Å². The summed E-state index contributed by atoms with van der Waals surface area (Å²) in [6, 6.07) is 0. The Bertz CT molecular complexity index is 206. The first-order valence-electron chi connectivity index (χ1n) is 6.23. The fourth-order valence-electron chi connectivity index (χ4n) is 2.47. The van der Waals surface area contributed by atoms with E-state index in [1.54, 1.807) is 7.11 Å². The highest BCUT2D eigenvalue weighted by Gasteiger charge is 2.32. The van der Waals surface area contributed by atoms with Gasteiger partial charge in [-0.25, -0.2) is 4.39 Å². The minimum atomic E-state index is -0.896. The zero-order valence-corrected chi connectivity index (χ0v) is 9.86. The topological polar surface area (TPSA) is 27.7 Å². The molecule has 1 heterocycles. The molecule has 2 aliphatic rings. The molecular weight excluding hydrogens is 211 g/mol. The number of halogens is 1. The standard InChI is InChI=1S/C12H21FO3/c1-14-11-6-5-9(8-10(11)13)16-12-4-2-3-7-15-12/h9-12H,2-8H2,1H3. The van der Waals surface area contributed by atoms with E-state index >= 15 is 0 Å². The zero-order chi connectivity index (χ0) is 11.4. The van der Waals surface area contributed by atoms with Crippen molar-refractivity contribution in [2.75, 3.05) is 13.7 Å². The Labute approximate surface area is 96.2 Å². The first-order chi connectivity index (χ1) is 7.79. The minimum absolute atomic E-state index is 0.00417. The SMILES string of the molecule is COC1CCC(OC2CCCCO2)CC1F. The van der Waals surface area contributed by atoms with E-state index in [0.717, 1.165) is 38.7 Å². The van der Waals surface area contributed by atoms with Crippen molar-refractivity contribution in [3.8, 4) is 0 Å². The second-order valence-corrected chi connectivity index (χ2v) is 4.66. The van der Waals surface area contributed by atoms with Crippen LogP contribution in [0.3, 0.4) is 0 Å². The van der Waals surface area contributed by atoms with Gasteiger partial charge in [-0.1, -0.05) is 0 Å². The summed E-state index contributed by atoms with van der Waals surface area (Å²) in [5.41, 5.74) is 0. The van der Waals surface area contributed by atoms with E-state index in [2.05, 4.69) is 0 Å². The van der Waals surface area contributed by atoms with Gasteiger partial charge < -0.3 is 14.2 Å². The van der Waals surface area contributed by atoms with E-state index in [0.29, 0.717) is 6.42 Å². The molecule has 0 aromatic carbocycles. The maximum absolute atomic E-state index is 13.6. The van der Waals surface area contributed by atoms with Crippen molar-refractivity contribution in [1.29, 1.82) is 0 Å². The van der Waals surface area contributed by atoms with Crippen molar-refractivity contribution in [2.45, 2.75) is 63.2 Å². The molecular formula is C12H21FO3. The van der Waals surface area contributed by atoms with Gasteiger partial charge in [0.15, 0.2) is 6.29 Å². The lowest BCUT2D eigenvalue weighted by molar-refractivity contribution is -0.202. The lowest BCUT2D eigenvalue weighted by Crippen LogP contribution is -2.38. The summed E-state index contributed by atoms with van der Waals surface area (Å²) in [6.45, 7) is 0.775. The first-order valence-corrected chi connectivity index (χ1v) is 6.23. The van der Waals surface area contributed by atoms with Crippen LogP contribution in [0.1, 0.15) is 38.5 Å². The summed E-state index contributed by atoms with van der Waals surface area (Å²) in [6.07, 6.45) is 4.03. The second kappa shape index (κ2) is 5.94. The molecule has 4 unspecified atom stereocenters. The molecule has 2 fully saturated rings. The maximum atomic E-state index is 13.6. The van der Waals surface area contributed by atoms with Crippen LogP contribution in [0.2, 0.25) is 0 Å². The van der Waals surface area contributed by atoms with Gasteiger partial charge in [0.2, 0.25) is 0 Å². The Morgan fingerprint density at radius 3 is 2.69 bits per heavy atom. The average molecular weight is 232 g/mol. The number of hydrogen-bond donors (Lipinski definition) is 0. The third-order valence-corrected chi connectivity index (χ3v) is 3.45. The lowest BCUT2D eigenvalue weighted by atomic mass is 9.93. The first kappa shape index (κ1) is 12.3.